The summed E-state index contributed by atoms with van der Waals surface area (Å²) in [7, 11) is 3.45. The maximum atomic E-state index is 13.1. The zero-order valence-electron chi connectivity index (χ0n) is 19.8. The van der Waals surface area contributed by atoms with Crippen molar-refractivity contribution in [1.29, 1.82) is 0 Å². The lowest BCUT2D eigenvalue weighted by Gasteiger charge is -2.21. The molecule has 4 aromatic rings. The van der Waals surface area contributed by atoms with Gasteiger partial charge < -0.3 is 14.4 Å². The molecule has 1 N–H and O–H groups in total. The summed E-state index contributed by atoms with van der Waals surface area (Å²) in [5, 5.41) is 11.3. The molecule has 0 aliphatic heterocycles. The van der Waals surface area contributed by atoms with Crippen LogP contribution in [0.5, 0.6) is 5.75 Å². The van der Waals surface area contributed by atoms with Gasteiger partial charge in [0.1, 0.15) is 17.7 Å². The molecule has 0 aliphatic rings. The van der Waals surface area contributed by atoms with Gasteiger partial charge in [0.05, 0.1) is 24.1 Å². The van der Waals surface area contributed by atoms with Crippen LogP contribution in [0.1, 0.15) is 51.5 Å². The van der Waals surface area contributed by atoms with E-state index in [1.807, 2.05) is 73.1 Å². The molecule has 182 valence electrons. The lowest BCUT2D eigenvalue weighted by Crippen LogP contribution is -2.14. The van der Waals surface area contributed by atoms with E-state index in [1.165, 1.54) is 12.1 Å². The topological polar surface area (TPSA) is 47.3 Å². The average molecular weight is 481 g/mol. The second-order valence-electron chi connectivity index (χ2n) is 8.53. The Morgan fingerprint density at radius 3 is 2.11 bits per heavy atom. The SMILES string of the molecule is COc1ccc(C(Cc2ccc(C(F)(F)F)cc2)c2nc(C)n(C)c2C(O)c2ccccc2)cc1. The van der Waals surface area contributed by atoms with Crippen molar-refractivity contribution in [2.45, 2.75) is 31.5 Å². The number of hydrogen-bond donors (Lipinski definition) is 1. The molecule has 0 fully saturated rings. The van der Waals surface area contributed by atoms with Crippen molar-refractivity contribution in [3.63, 3.8) is 0 Å². The first kappa shape index (κ1) is 24.5. The Hall–Kier alpha value is -3.58. The van der Waals surface area contributed by atoms with Crippen molar-refractivity contribution in [2.24, 2.45) is 7.05 Å². The highest BCUT2D eigenvalue weighted by Gasteiger charge is 2.31. The minimum Gasteiger partial charge on any atom is -0.497 e. The number of nitrogens with zero attached hydrogens (tertiary/aromatic N) is 2. The van der Waals surface area contributed by atoms with Crippen molar-refractivity contribution in [3.05, 3.63) is 118 Å². The lowest BCUT2D eigenvalue weighted by atomic mass is 9.86. The molecule has 2 unspecified atom stereocenters. The number of ether oxygens (including phenoxy) is 1. The minimum atomic E-state index is -4.39. The first-order valence-electron chi connectivity index (χ1n) is 11.2. The number of rotatable bonds is 7. The molecule has 0 radical (unpaired) electrons. The van der Waals surface area contributed by atoms with Crippen LogP contribution in [0.25, 0.3) is 0 Å². The van der Waals surface area contributed by atoms with E-state index >= 15 is 0 Å². The van der Waals surface area contributed by atoms with Crippen LogP contribution >= 0.6 is 0 Å². The number of halogens is 3. The van der Waals surface area contributed by atoms with Crippen LogP contribution in [0.15, 0.2) is 78.9 Å². The Kier molecular flexibility index (Phi) is 6.98. The van der Waals surface area contributed by atoms with Gasteiger partial charge in [-0.05, 0) is 54.3 Å². The Morgan fingerprint density at radius 2 is 1.54 bits per heavy atom. The molecule has 4 rings (SSSR count). The quantitative estimate of drug-likeness (QED) is 0.342. The molecule has 0 aliphatic carbocycles. The molecular formula is C28H27F3N2O2. The summed E-state index contributed by atoms with van der Waals surface area (Å²) in [6.07, 6.45) is -4.89. The van der Waals surface area contributed by atoms with E-state index in [0.717, 1.165) is 34.6 Å². The summed E-state index contributed by atoms with van der Waals surface area (Å²) in [5.41, 5.74) is 3.05. The van der Waals surface area contributed by atoms with Crippen molar-refractivity contribution >= 4 is 0 Å². The Bertz CT molecular complexity index is 1260. The van der Waals surface area contributed by atoms with Crippen LogP contribution in [-0.2, 0) is 19.6 Å². The summed E-state index contributed by atoms with van der Waals surface area (Å²) < 4.78 is 46.4. The van der Waals surface area contributed by atoms with E-state index in [0.29, 0.717) is 23.6 Å². The highest BCUT2D eigenvalue weighted by Crippen LogP contribution is 2.37. The molecular weight excluding hydrogens is 453 g/mol. The smallest absolute Gasteiger partial charge is 0.416 e. The van der Waals surface area contributed by atoms with Gasteiger partial charge in [-0.15, -0.1) is 0 Å². The molecule has 0 saturated carbocycles. The Balaban J connectivity index is 1.80. The summed E-state index contributed by atoms with van der Waals surface area (Å²) in [6.45, 7) is 1.87. The van der Waals surface area contributed by atoms with Crippen LogP contribution in [0.3, 0.4) is 0 Å². The standard InChI is InChI=1S/C28H27F3N2O2/c1-18-32-25(26(33(18)2)27(34)21-7-5-4-6-8-21)24(20-11-15-23(35-3)16-12-20)17-19-9-13-22(14-10-19)28(29,30)31/h4-16,24,27,34H,17H2,1-3H3. The van der Waals surface area contributed by atoms with Crippen molar-refractivity contribution in [2.75, 3.05) is 7.11 Å². The van der Waals surface area contributed by atoms with Crippen LogP contribution < -0.4 is 4.74 Å². The highest BCUT2D eigenvalue weighted by atomic mass is 19.4. The average Bonchev–Trinajstić information content (AvgIpc) is 3.16. The first-order chi connectivity index (χ1) is 16.7. The second-order valence-corrected chi connectivity index (χ2v) is 8.53. The van der Waals surface area contributed by atoms with Crippen LogP contribution in [0.4, 0.5) is 13.2 Å². The summed E-state index contributed by atoms with van der Waals surface area (Å²) in [6, 6.07) is 22.1. The predicted molar refractivity (Wildman–Crippen MR) is 128 cm³/mol. The third-order valence-corrected chi connectivity index (χ3v) is 6.34. The first-order valence-corrected chi connectivity index (χ1v) is 11.2. The Labute approximate surface area is 202 Å². The molecule has 0 spiro atoms. The van der Waals surface area contributed by atoms with Gasteiger partial charge in [0, 0.05) is 13.0 Å². The fourth-order valence-electron chi connectivity index (χ4n) is 4.30. The van der Waals surface area contributed by atoms with E-state index in [4.69, 9.17) is 9.72 Å². The number of alkyl halides is 3. The summed E-state index contributed by atoms with van der Waals surface area (Å²) in [5.74, 6) is 1.13. The van der Waals surface area contributed by atoms with E-state index in [-0.39, 0.29) is 5.92 Å². The van der Waals surface area contributed by atoms with Gasteiger partial charge >= 0.3 is 6.18 Å². The molecule has 0 saturated heterocycles. The molecule has 0 bridgehead atoms. The van der Waals surface area contributed by atoms with Gasteiger partial charge in [0.25, 0.3) is 0 Å². The maximum Gasteiger partial charge on any atom is 0.416 e. The van der Waals surface area contributed by atoms with Gasteiger partial charge in [0.2, 0.25) is 0 Å². The van der Waals surface area contributed by atoms with Gasteiger partial charge in [-0.3, -0.25) is 0 Å². The highest BCUT2D eigenvalue weighted by molar-refractivity contribution is 5.41. The fraction of sp³-hybridized carbons (Fsp3) is 0.250. The monoisotopic (exact) mass is 480 g/mol. The van der Waals surface area contributed by atoms with E-state index in [9.17, 15) is 18.3 Å². The van der Waals surface area contributed by atoms with Gasteiger partial charge in [0.15, 0.2) is 0 Å². The third kappa shape index (κ3) is 5.25. The summed E-state index contributed by atoms with van der Waals surface area (Å²) in [4.78, 5) is 4.82. The number of benzene rings is 3. The largest absolute Gasteiger partial charge is 0.497 e. The third-order valence-electron chi connectivity index (χ3n) is 6.34. The number of aliphatic hydroxyl groups is 1. The van der Waals surface area contributed by atoms with Crippen molar-refractivity contribution in [3.8, 4) is 5.75 Å². The normalized spacial score (nSPS) is 13.5. The maximum absolute atomic E-state index is 13.1. The molecule has 4 nitrogen and oxygen atoms in total. The zero-order valence-corrected chi connectivity index (χ0v) is 19.8. The Morgan fingerprint density at radius 1 is 0.914 bits per heavy atom. The summed E-state index contributed by atoms with van der Waals surface area (Å²) >= 11 is 0. The van der Waals surface area contributed by atoms with Crippen LogP contribution in [-0.4, -0.2) is 21.8 Å². The number of aliphatic hydroxyl groups excluding tert-OH is 1. The number of aromatic nitrogens is 2. The molecule has 7 heteroatoms. The van der Waals surface area contributed by atoms with Gasteiger partial charge in [-0.25, -0.2) is 4.98 Å². The molecule has 3 aromatic carbocycles. The second kappa shape index (κ2) is 9.96. The van der Waals surface area contributed by atoms with Crippen LogP contribution in [0.2, 0.25) is 0 Å². The van der Waals surface area contributed by atoms with Crippen molar-refractivity contribution in [1.82, 2.24) is 9.55 Å². The predicted octanol–water partition coefficient (Wildman–Crippen LogP) is 6.21. The molecule has 2 atom stereocenters. The number of imidazole rings is 1. The lowest BCUT2D eigenvalue weighted by molar-refractivity contribution is -0.137. The minimum absolute atomic E-state index is 0.300. The number of aryl methyl sites for hydroxylation is 1. The number of hydrogen-bond acceptors (Lipinski definition) is 3. The number of methoxy groups -OCH3 is 1. The van der Waals surface area contributed by atoms with E-state index in [2.05, 4.69) is 0 Å². The van der Waals surface area contributed by atoms with Gasteiger partial charge in [-0.2, -0.15) is 13.2 Å². The molecule has 0 amide bonds. The van der Waals surface area contributed by atoms with E-state index in [1.54, 1.807) is 7.11 Å². The van der Waals surface area contributed by atoms with Crippen LogP contribution in [0, 0.1) is 6.92 Å². The van der Waals surface area contributed by atoms with Crippen molar-refractivity contribution < 1.29 is 23.0 Å². The fourth-order valence-corrected chi connectivity index (χ4v) is 4.30. The van der Waals surface area contributed by atoms with E-state index < -0.39 is 17.8 Å². The molecule has 1 heterocycles. The molecule has 35 heavy (non-hydrogen) atoms. The zero-order chi connectivity index (χ0) is 25.2. The molecule has 1 aromatic heterocycles. The van der Waals surface area contributed by atoms with Gasteiger partial charge in [-0.1, -0.05) is 54.6 Å².